The molecule has 0 aliphatic rings. The van der Waals surface area contributed by atoms with Crippen molar-refractivity contribution in [3.8, 4) is 0 Å². The van der Waals surface area contributed by atoms with Crippen molar-refractivity contribution in [2.75, 3.05) is 13.1 Å². The molecule has 0 spiro atoms. The molecule has 0 aliphatic heterocycles. The third-order valence-corrected chi connectivity index (χ3v) is 3.36. The molecule has 0 fully saturated rings. The molecule has 2 heteroatoms. The fourth-order valence-electron chi connectivity index (χ4n) is 2.05. The second-order valence-electron chi connectivity index (χ2n) is 5.33. The monoisotopic (exact) mass is 234 g/mol. The maximum Gasteiger partial charge on any atom is 0.0303 e. The zero-order chi connectivity index (χ0) is 12.7. The van der Waals surface area contributed by atoms with E-state index in [-0.39, 0.29) is 0 Å². The largest absolute Gasteiger partial charge is 0.316 e. The van der Waals surface area contributed by atoms with Crippen LogP contribution in [0.25, 0.3) is 0 Å². The lowest BCUT2D eigenvalue weighted by Crippen LogP contribution is -2.28. The lowest BCUT2D eigenvalue weighted by atomic mass is 9.86. The highest BCUT2D eigenvalue weighted by atomic mass is 14.9. The van der Waals surface area contributed by atoms with E-state index in [4.69, 9.17) is 0 Å². The van der Waals surface area contributed by atoms with Gasteiger partial charge in [-0.25, -0.2) is 0 Å². The Balaban J connectivity index is 2.61. The lowest BCUT2D eigenvalue weighted by Gasteiger charge is -2.24. The van der Waals surface area contributed by atoms with Gasteiger partial charge in [0.15, 0.2) is 0 Å². The van der Waals surface area contributed by atoms with Gasteiger partial charge < -0.3 is 5.32 Å². The van der Waals surface area contributed by atoms with Gasteiger partial charge >= 0.3 is 0 Å². The fourth-order valence-corrected chi connectivity index (χ4v) is 2.05. The Morgan fingerprint density at radius 2 is 2.00 bits per heavy atom. The van der Waals surface area contributed by atoms with Gasteiger partial charge in [-0.2, -0.15) is 0 Å². The SMILES string of the molecule is CCC(C)C(CNCC(C)C)c1cccnc1. The van der Waals surface area contributed by atoms with Crippen LogP contribution in [0.3, 0.4) is 0 Å². The molecule has 1 aromatic heterocycles. The minimum atomic E-state index is 0.576. The first-order valence-corrected chi connectivity index (χ1v) is 6.75. The topological polar surface area (TPSA) is 24.9 Å². The highest BCUT2D eigenvalue weighted by molar-refractivity contribution is 5.16. The summed E-state index contributed by atoms with van der Waals surface area (Å²) in [6.07, 6.45) is 5.06. The number of pyridine rings is 1. The first-order valence-electron chi connectivity index (χ1n) is 6.75. The van der Waals surface area contributed by atoms with Crippen LogP contribution in [0.4, 0.5) is 0 Å². The first-order chi connectivity index (χ1) is 8.15. The van der Waals surface area contributed by atoms with Crippen LogP contribution in [0.5, 0.6) is 0 Å². The predicted molar refractivity (Wildman–Crippen MR) is 74.1 cm³/mol. The summed E-state index contributed by atoms with van der Waals surface area (Å²) in [7, 11) is 0. The summed E-state index contributed by atoms with van der Waals surface area (Å²) in [5, 5.41) is 3.57. The summed E-state index contributed by atoms with van der Waals surface area (Å²) < 4.78 is 0. The molecule has 1 heterocycles. The van der Waals surface area contributed by atoms with Crippen LogP contribution in [0, 0.1) is 11.8 Å². The van der Waals surface area contributed by atoms with Crippen molar-refractivity contribution >= 4 is 0 Å². The van der Waals surface area contributed by atoms with Crippen LogP contribution in [0.1, 0.15) is 45.6 Å². The van der Waals surface area contributed by atoms with Gasteiger partial charge in [-0.15, -0.1) is 0 Å². The standard InChI is InChI=1S/C15H26N2/c1-5-13(4)15(11-17-9-12(2)3)14-7-6-8-16-10-14/h6-8,10,12-13,15,17H,5,9,11H2,1-4H3. The zero-order valence-corrected chi connectivity index (χ0v) is 11.6. The van der Waals surface area contributed by atoms with Gasteiger partial charge in [-0.1, -0.05) is 40.2 Å². The number of nitrogens with one attached hydrogen (secondary N) is 1. The molecule has 0 bridgehead atoms. The van der Waals surface area contributed by atoms with Crippen molar-refractivity contribution in [1.82, 2.24) is 10.3 Å². The maximum absolute atomic E-state index is 4.24. The molecule has 96 valence electrons. The minimum Gasteiger partial charge on any atom is -0.316 e. The van der Waals surface area contributed by atoms with E-state index in [0.29, 0.717) is 17.8 Å². The quantitative estimate of drug-likeness (QED) is 0.781. The zero-order valence-electron chi connectivity index (χ0n) is 11.6. The molecule has 1 N–H and O–H groups in total. The summed E-state index contributed by atoms with van der Waals surface area (Å²) in [4.78, 5) is 4.24. The molecule has 17 heavy (non-hydrogen) atoms. The summed E-state index contributed by atoms with van der Waals surface area (Å²) in [5.41, 5.74) is 1.36. The molecule has 2 atom stereocenters. The molecular weight excluding hydrogens is 208 g/mol. The van der Waals surface area contributed by atoms with Gasteiger partial charge in [0, 0.05) is 24.9 Å². The Bertz CT molecular complexity index is 295. The molecule has 1 aromatic rings. The Morgan fingerprint density at radius 1 is 1.24 bits per heavy atom. The highest BCUT2D eigenvalue weighted by Gasteiger charge is 2.17. The van der Waals surface area contributed by atoms with Crippen molar-refractivity contribution in [1.29, 1.82) is 0 Å². The summed E-state index contributed by atoms with van der Waals surface area (Å²) >= 11 is 0. The van der Waals surface area contributed by atoms with Crippen molar-refractivity contribution in [2.45, 2.75) is 40.0 Å². The van der Waals surface area contributed by atoms with E-state index in [0.717, 1.165) is 13.1 Å². The van der Waals surface area contributed by atoms with Crippen molar-refractivity contribution in [3.63, 3.8) is 0 Å². The fraction of sp³-hybridized carbons (Fsp3) is 0.667. The third-order valence-electron chi connectivity index (χ3n) is 3.36. The summed E-state index contributed by atoms with van der Waals surface area (Å²) in [6, 6.07) is 4.23. The number of hydrogen-bond acceptors (Lipinski definition) is 2. The summed E-state index contributed by atoms with van der Waals surface area (Å²) in [6.45, 7) is 11.2. The predicted octanol–water partition coefficient (Wildman–Crippen LogP) is 3.46. The molecule has 2 nitrogen and oxygen atoms in total. The maximum atomic E-state index is 4.24. The molecule has 0 aromatic carbocycles. The van der Waals surface area contributed by atoms with E-state index < -0.39 is 0 Å². The molecule has 0 saturated carbocycles. The second-order valence-corrected chi connectivity index (χ2v) is 5.33. The van der Waals surface area contributed by atoms with Gasteiger partial charge in [-0.05, 0) is 30.0 Å². The number of hydrogen-bond donors (Lipinski definition) is 1. The Hall–Kier alpha value is -0.890. The highest BCUT2D eigenvalue weighted by Crippen LogP contribution is 2.25. The van der Waals surface area contributed by atoms with E-state index in [1.165, 1.54) is 12.0 Å². The lowest BCUT2D eigenvalue weighted by molar-refractivity contribution is 0.408. The van der Waals surface area contributed by atoms with Crippen LogP contribution < -0.4 is 5.32 Å². The van der Waals surface area contributed by atoms with Gasteiger partial charge in [0.25, 0.3) is 0 Å². The number of aromatic nitrogens is 1. The molecule has 0 radical (unpaired) electrons. The van der Waals surface area contributed by atoms with E-state index in [9.17, 15) is 0 Å². The van der Waals surface area contributed by atoms with E-state index in [1.807, 2.05) is 18.5 Å². The van der Waals surface area contributed by atoms with E-state index >= 15 is 0 Å². The van der Waals surface area contributed by atoms with Gasteiger partial charge in [-0.3, -0.25) is 4.98 Å². The van der Waals surface area contributed by atoms with Crippen molar-refractivity contribution < 1.29 is 0 Å². The van der Waals surface area contributed by atoms with Crippen molar-refractivity contribution in [3.05, 3.63) is 30.1 Å². The molecular formula is C15H26N2. The molecule has 1 rings (SSSR count). The van der Waals surface area contributed by atoms with Gasteiger partial charge in [0.1, 0.15) is 0 Å². The Labute approximate surface area is 106 Å². The van der Waals surface area contributed by atoms with Gasteiger partial charge in [0.05, 0.1) is 0 Å². The molecule has 0 saturated heterocycles. The Kier molecular flexibility index (Phi) is 6.20. The van der Waals surface area contributed by atoms with Crippen LogP contribution in [-0.4, -0.2) is 18.1 Å². The smallest absolute Gasteiger partial charge is 0.0303 e. The normalized spacial score (nSPS) is 14.9. The van der Waals surface area contributed by atoms with Crippen LogP contribution >= 0.6 is 0 Å². The molecule has 2 unspecified atom stereocenters. The summed E-state index contributed by atoms with van der Waals surface area (Å²) in [5.74, 6) is 1.98. The Morgan fingerprint density at radius 3 is 2.53 bits per heavy atom. The van der Waals surface area contributed by atoms with E-state index in [1.54, 1.807) is 0 Å². The second kappa shape index (κ2) is 7.44. The van der Waals surface area contributed by atoms with Crippen LogP contribution in [0.2, 0.25) is 0 Å². The average Bonchev–Trinajstić information content (AvgIpc) is 2.34. The number of nitrogens with zero attached hydrogens (tertiary/aromatic N) is 1. The van der Waals surface area contributed by atoms with E-state index in [2.05, 4.69) is 44.1 Å². The number of rotatable bonds is 7. The van der Waals surface area contributed by atoms with Crippen LogP contribution in [-0.2, 0) is 0 Å². The van der Waals surface area contributed by atoms with Crippen LogP contribution in [0.15, 0.2) is 24.5 Å². The molecule has 0 aliphatic carbocycles. The average molecular weight is 234 g/mol. The third kappa shape index (κ3) is 4.86. The van der Waals surface area contributed by atoms with Gasteiger partial charge in [0.2, 0.25) is 0 Å². The first kappa shape index (κ1) is 14.2. The minimum absolute atomic E-state index is 0.576. The van der Waals surface area contributed by atoms with Crippen molar-refractivity contribution in [2.24, 2.45) is 11.8 Å². The molecule has 0 amide bonds.